The number of aryl methyl sites for hydroxylation is 1. The van der Waals surface area contributed by atoms with Crippen molar-refractivity contribution in [1.82, 2.24) is 14.9 Å². The van der Waals surface area contributed by atoms with Crippen molar-refractivity contribution < 1.29 is 0 Å². The van der Waals surface area contributed by atoms with Crippen LogP contribution in [0.2, 0.25) is 0 Å². The van der Waals surface area contributed by atoms with Crippen LogP contribution in [0.15, 0.2) is 17.6 Å². The third-order valence-electron chi connectivity index (χ3n) is 3.27. The van der Waals surface area contributed by atoms with Crippen molar-refractivity contribution in [3.8, 4) is 0 Å². The van der Waals surface area contributed by atoms with E-state index in [0.717, 1.165) is 25.5 Å². The molecule has 0 amide bonds. The molecule has 0 aliphatic carbocycles. The Kier molecular flexibility index (Phi) is 4.61. The first-order valence-electron chi connectivity index (χ1n) is 6.57. The highest BCUT2D eigenvalue weighted by atomic mass is 32.1. The third-order valence-corrected chi connectivity index (χ3v) is 4.23. The van der Waals surface area contributed by atoms with Gasteiger partial charge in [0.25, 0.3) is 0 Å². The van der Waals surface area contributed by atoms with Crippen molar-refractivity contribution in [3.05, 3.63) is 33.8 Å². The Balaban J connectivity index is 1.93. The second kappa shape index (κ2) is 6.21. The van der Waals surface area contributed by atoms with Crippen LogP contribution in [0.25, 0.3) is 0 Å². The van der Waals surface area contributed by atoms with Crippen LogP contribution in [0.3, 0.4) is 0 Å². The summed E-state index contributed by atoms with van der Waals surface area (Å²) in [5.41, 5.74) is 2.66. The Morgan fingerprint density at radius 1 is 1.37 bits per heavy atom. The summed E-state index contributed by atoms with van der Waals surface area (Å²) < 4.78 is 2.13. The van der Waals surface area contributed by atoms with Gasteiger partial charge in [-0.1, -0.05) is 6.92 Å². The Morgan fingerprint density at radius 2 is 2.16 bits per heavy atom. The molecule has 0 fully saturated rings. The van der Waals surface area contributed by atoms with E-state index >= 15 is 0 Å². The first-order valence-corrected chi connectivity index (χ1v) is 7.45. The average molecular weight is 278 g/mol. The summed E-state index contributed by atoms with van der Waals surface area (Å²) in [6.07, 6.45) is 3.05. The number of imidazole rings is 1. The normalized spacial score (nSPS) is 10.9. The zero-order valence-electron chi connectivity index (χ0n) is 12.1. The van der Waals surface area contributed by atoms with Crippen LogP contribution in [0.4, 0.5) is 5.95 Å². The van der Waals surface area contributed by atoms with Crippen LogP contribution >= 0.6 is 11.3 Å². The van der Waals surface area contributed by atoms with Crippen LogP contribution in [-0.4, -0.2) is 23.6 Å². The molecule has 2 aromatic rings. The van der Waals surface area contributed by atoms with Crippen molar-refractivity contribution in [1.29, 1.82) is 0 Å². The zero-order chi connectivity index (χ0) is 13.8. The maximum absolute atomic E-state index is 4.42. The molecular formula is C14H22N4S. The van der Waals surface area contributed by atoms with E-state index < -0.39 is 0 Å². The molecule has 0 aromatic carbocycles. The molecule has 2 heterocycles. The molecule has 0 saturated carbocycles. The second-order valence-electron chi connectivity index (χ2n) is 4.83. The largest absolute Gasteiger partial charge is 0.348 e. The molecule has 0 aliphatic heterocycles. The zero-order valence-corrected chi connectivity index (χ0v) is 12.9. The summed E-state index contributed by atoms with van der Waals surface area (Å²) in [5, 5.41) is 5.67. The van der Waals surface area contributed by atoms with Crippen molar-refractivity contribution in [2.75, 3.05) is 19.0 Å². The van der Waals surface area contributed by atoms with E-state index in [9.17, 15) is 0 Å². The van der Waals surface area contributed by atoms with Crippen LogP contribution in [-0.2, 0) is 26.6 Å². The van der Waals surface area contributed by atoms with Gasteiger partial charge in [0.15, 0.2) is 0 Å². The van der Waals surface area contributed by atoms with Gasteiger partial charge in [0, 0.05) is 39.1 Å². The second-order valence-corrected chi connectivity index (χ2v) is 5.83. The lowest BCUT2D eigenvalue weighted by molar-refractivity contribution is 0.657. The number of anilines is 1. The summed E-state index contributed by atoms with van der Waals surface area (Å²) in [6, 6.07) is 2.22. The molecule has 4 nitrogen and oxygen atoms in total. The topological polar surface area (TPSA) is 33.1 Å². The van der Waals surface area contributed by atoms with E-state index in [4.69, 9.17) is 0 Å². The van der Waals surface area contributed by atoms with Gasteiger partial charge in [0.1, 0.15) is 0 Å². The fourth-order valence-electron chi connectivity index (χ4n) is 2.15. The molecule has 2 rings (SSSR count). The quantitative estimate of drug-likeness (QED) is 0.881. The van der Waals surface area contributed by atoms with Crippen LogP contribution in [0.1, 0.15) is 23.1 Å². The lowest BCUT2D eigenvalue weighted by Gasteiger charge is -2.13. The number of hydrogen-bond acceptors (Lipinski definition) is 4. The van der Waals surface area contributed by atoms with E-state index in [-0.39, 0.29) is 0 Å². The van der Waals surface area contributed by atoms with Gasteiger partial charge >= 0.3 is 0 Å². The van der Waals surface area contributed by atoms with Crippen molar-refractivity contribution in [2.45, 2.75) is 26.4 Å². The Bertz CT molecular complexity index is 527. The van der Waals surface area contributed by atoms with E-state index in [1.165, 1.54) is 16.1 Å². The van der Waals surface area contributed by atoms with Gasteiger partial charge < -0.3 is 14.8 Å². The lowest BCUT2D eigenvalue weighted by atomic mass is 10.2. The summed E-state index contributed by atoms with van der Waals surface area (Å²) in [5.74, 6) is 0.988. The first kappa shape index (κ1) is 14.1. The van der Waals surface area contributed by atoms with Crippen molar-refractivity contribution >= 4 is 17.3 Å². The predicted molar refractivity (Wildman–Crippen MR) is 81.8 cm³/mol. The summed E-state index contributed by atoms with van der Waals surface area (Å²) >= 11 is 1.83. The maximum atomic E-state index is 4.42. The molecule has 0 saturated heterocycles. The monoisotopic (exact) mass is 278 g/mol. The van der Waals surface area contributed by atoms with E-state index in [1.54, 1.807) is 0 Å². The van der Waals surface area contributed by atoms with Crippen LogP contribution in [0.5, 0.6) is 0 Å². The molecule has 0 aliphatic rings. The Labute approximate surface area is 119 Å². The van der Waals surface area contributed by atoms with E-state index in [1.807, 2.05) is 36.5 Å². The molecule has 0 unspecified atom stereocenters. The summed E-state index contributed by atoms with van der Waals surface area (Å²) in [7, 11) is 6.08. The van der Waals surface area contributed by atoms with Gasteiger partial charge in [-0.15, -0.1) is 11.3 Å². The third kappa shape index (κ3) is 3.16. The molecule has 0 radical (unpaired) electrons. The lowest BCUT2D eigenvalue weighted by Crippen LogP contribution is -2.18. The number of aromatic nitrogens is 2. The maximum Gasteiger partial charge on any atom is 0.204 e. The highest BCUT2D eigenvalue weighted by Crippen LogP contribution is 2.17. The van der Waals surface area contributed by atoms with Crippen LogP contribution < -0.4 is 10.2 Å². The Hall–Kier alpha value is -1.33. The van der Waals surface area contributed by atoms with Gasteiger partial charge in [-0.05, 0) is 23.4 Å². The Morgan fingerprint density at radius 3 is 2.79 bits per heavy atom. The molecule has 104 valence electrons. The number of nitrogens with one attached hydrogen (secondary N) is 1. The predicted octanol–water partition coefficient (Wildman–Crippen LogP) is 2.40. The number of hydrogen-bond donors (Lipinski definition) is 1. The van der Waals surface area contributed by atoms with Gasteiger partial charge in [-0.3, -0.25) is 0 Å². The van der Waals surface area contributed by atoms with Crippen LogP contribution in [0, 0.1) is 0 Å². The highest BCUT2D eigenvalue weighted by Gasteiger charge is 2.08. The fourth-order valence-corrected chi connectivity index (χ4v) is 3.10. The average Bonchev–Trinajstić information content (AvgIpc) is 2.97. The van der Waals surface area contributed by atoms with Crippen molar-refractivity contribution in [3.63, 3.8) is 0 Å². The highest BCUT2D eigenvalue weighted by molar-refractivity contribution is 7.10. The molecular weight excluding hydrogens is 256 g/mol. The minimum absolute atomic E-state index is 0.846. The fraction of sp³-hybridized carbons (Fsp3) is 0.500. The summed E-state index contributed by atoms with van der Waals surface area (Å²) in [6.45, 7) is 3.98. The SMILES string of the molecule is CCc1ccsc1CNCc1cnc(N(C)C)n1C. The van der Waals surface area contributed by atoms with Gasteiger partial charge in [-0.2, -0.15) is 0 Å². The van der Waals surface area contributed by atoms with Crippen molar-refractivity contribution in [2.24, 2.45) is 7.05 Å². The molecule has 0 spiro atoms. The molecule has 0 bridgehead atoms. The number of thiophene rings is 1. The summed E-state index contributed by atoms with van der Waals surface area (Å²) in [4.78, 5) is 7.88. The number of nitrogens with zero attached hydrogens (tertiary/aromatic N) is 3. The molecule has 2 aromatic heterocycles. The first-order chi connectivity index (χ1) is 9.13. The van der Waals surface area contributed by atoms with E-state index in [0.29, 0.717) is 0 Å². The van der Waals surface area contributed by atoms with E-state index in [2.05, 4.69) is 40.3 Å². The van der Waals surface area contributed by atoms with Gasteiger partial charge in [-0.25, -0.2) is 4.98 Å². The molecule has 19 heavy (non-hydrogen) atoms. The molecule has 1 N–H and O–H groups in total. The minimum Gasteiger partial charge on any atom is -0.348 e. The minimum atomic E-state index is 0.846. The number of rotatable bonds is 6. The van der Waals surface area contributed by atoms with Gasteiger partial charge in [0.2, 0.25) is 5.95 Å². The molecule has 0 atom stereocenters. The molecule has 5 heteroatoms. The van der Waals surface area contributed by atoms with Gasteiger partial charge in [0.05, 0.1) is 11.9 Å². The smallest absolute Gasteiger partial charge is 0.204 e. The standard InChI is InChI=1S/C14H22N4S/c1-5-11-6-7-19-13(11)10-15-8-12-9-16-14(17(2)3)18(12)4/h6-7,9,15H,5,8,10H2,1-4H3.